The van der Waals surface area contributed by atoms with Gasteiger partial charge in [-0.2, -0.15) is 0 Å². The van der Waals surface area contributed by atoms with Crippen LogP contribution in [0.1, 0.15) is 46.9 Å². The Bertz CT molecular complexity index is 1180. The molecule has 8 nitrogen and oxygen atoms in total. The van der Waals surface area contributed by atoms with E-state index >= 15 is 0 Å². The average molecular weight is 460 g/mol. The first-order chi connectivity index (χ1) is 16.3. The minimum atomic E-state index is -0.701. The van der Waals surface area contributed by atoms with Gasteiger partial charge in [-0.3, -0.25) is 24.1 Å². The van der Waals surface area contributed by atoms with Crippen molar-refractivity contribution in [3.63, 3.8) is 0 Å². The van der Waals surface area contributed by atoms with Gasteiger partial charge in [-0.15, -0.1) is 0 Å². The molecule has 1 heterocycles. The van der Waals surface area contributed by atoms with E-state index in [1.54, 1.807) is 36.4 Å². The van der Waals surface area contributed by atoms with Crippen LogP contribution in [-0.2, 0) is 19.1 Å². The van der Waals surface area contributed by atoms with Gasteiger partial charge in [0.2, 0.25) is 11.8 Å². The number of fused-ring (bicyclic) bond motifs is 5. The third kappa shape index (κ3) is 3.79. The van der Waals surface area contributed by atoms with E-state index in [1.165, 1.54) is 24.0 Å². The number of esters is 1. The zero-order chi connectivity index (χ0) is 24.0. The molecule has 2 aromatic rings. The van der Waals surface area contributed by atoms with Crippen LogP contribution in [0.4, 0.5) is 11.4 Å². The number of nitrogens with one attached hydrogen (secondary N) is 1. The quantitative estimate of drug-likeness (QED) is 0.403. The number of anilines is 2. The van der Waals surface area contributed by atoms with Crippen molar-refractivity contribution in [3.05, 3.63) is 59.7 Å². The molecule has 2 aromatic carbocycles. The summed E-state index contributed by atoms with van der Waals surface area (Å²) in [7, 11) is 0. The van der Waals surface area contributed by atoms with Crippen LogP contribution in [0, 0.1) is 23.7 Å². The maximum absolute atomic E-state index is 12.9. The fourth-order valence-electron chi connectivity index (χ4n) is 5.64. The van der Waals surface area contributed by atoms with Crippen molar-refractivity contribution in [1.82, 2.24) is 0 Å². The Kier molecular flexibility index (Phi) is 5.51. The first-order valence-electron chi connectivity index (χ1n) is 11.4. The SMILES string of the molecule is CC(=O)c1cccc(NC(=O)COC(=O)c2ccc(N3C(=O)[C@@H]4[C@H]5CC[C@@H](C5)[C@@H]4C3=O)cc2)c1. The van der Waals surface area contributed by atoms with Crippen LogP contribution in [-0.4, -0.2) is 36.1 Å². The summed E-state index contributed by atoms with van der Waals surface area (Å²) >= 11 is 0. The summed E-state index contributed by atoms with van der Waals surface area (Å²) < 4.78 is 5.08. The van der Waals surface area contributed by atoms with E-state index in [2.05, 4.69) is 5.32 Å². The Hall–Kier alpha value is -3.81. The number of hydrogen-bond acceptors (Lipinski definition) is 6. The Balaban J connectivity index is 1.19. The second-order valence-corrected chi connectivity index (χ2v) is 9.20. The topological polar surface area (TPSA) is 110 Å². The van der Waals surface area contributed by atoms with Gasteiger partial charge >= 0.3 is 5.97 Å². The number of rotatable bonds is 6. The number of hydrogen-bond donors (Lipinski definition) is 1. The molecule has 0 unspecified atom stereocenters. The molecule has 0 spiro atoms. The number of ether oxygens (including phenoxy) is 1. The third-order valence-electron chi connectivity index (χ3n) is 7.18. The minimum absolute atomic E-state index is 0.126. The number of Topliss-reactive ketones (excluding diaryl/α,β-unsaturated/α-hetero) is 1. The maximum atomic E-state index is 12.9. The highest BCUT2D eigenvalue weighted by atomic mass is 16.5. The van der Waals surface area contributed by atoms with E-state index in [1.807, 2.05) is 0 Å². The van der Waals surface area contributed by atoms with Gasteiger partial charge in [0.05, 0.1) is 23.1 Å². The van der Waals surface area contributed by atoms with Crippen LogP contribution in [0.15, 0.2) is 48.5 Å². The molecule has 1 aliphatic heterocycles. The lowest BCUT2D eigenvalue weighted by Gasteiger charge is -2.19. The second-order valence-electron chi connectivity index (χ2n) is 9.20. The van der Waals surface area contributed by atoms with E-state index in [0.29, 0.717) is 28.8 Å². The molecule has 4 atom stereocenters. The summed E-state index contributed by atoms with van der Waals surface area (Å²) in [5.41, 5.74) is 1.54. The van der Waals surface area contributed by atoms with Crippen LogP contribution in [0.3, 0.4) is 0 Å². The number of carbonyl (C=O) groups is 5. The number of imide groups is 1. The highest BCUT2D eigenvalue weighted by Gasteiger charge is 2.61. The predicted octanol–water partition coefficient (Wildman–Crippen LogP) is 3.22. The van der Waals surface area contributed by atoms with Crippen molar-refractivity contribution in [1.29, 1.82) is 0 Å². The molecule has 0 aromatic heterocycles. The van der Waals surface area contributed by atoms with E-state index in [9.17, 15) is 24.0 Å². The molecule has 8 heteroatoms. The van der Waals surface area contributed by atoms with Crippen molar-refractivity contribution in [3.8, 4) is 0 Å². The van der Waals surface area contributed by atoms with Crippen molar-refractivity contribution < 1.29 is 28.7 Å². The smallest absolute Gasteiger partial charge is 0.338 e. The van der Waals surface area contributed by atoms with Gasteiger partial charge < -0.3 is 10.1 Å². The first kappa shape index (κ1) is 22.0. The molecule has 0 radical (unpaired) electrons. The molecule has 5 rings (SSSR count). The standard InChI is InChI=1S/C26H24N2O6/c1-14(29)16-3-2-4-19(12-16)27-21(30)13-34-26(33)15-7-9-20(10-8-15)28-24(31)22-17-5-6-18(11-17)23(22)25(28)32/h2-4,7-10,12,17-18,22-23H,5-6,11,13H2,1H3,(H,27,30)/t17-,18-,22-,23+/m0/s1. The maximum Gasteiger partial charge on any atom is 0.338 e. The van der Waals surface area contributed by atoms with Crippen LogP contribution >= 0.6 is 0 Å². The number of benzene rings is 2. The number of carbonyl (C=O) groups excluding carboxylic acids is 5. The molecule has 3 aliphatic rings. The third-order valence-corrected chi connectivity index (χ3v) is 7.18. The number of ketones is 1. The lowest BCUT2D eigenvalue weighted by molar-refractivity contribution is -0.123. The molecule has 1 N–H and O–H groups in total. The van der Waals surface area contributed by atoms with Crippen LogP contribution < -0.4 is 10.2 Å². The normalized spacial score (nSPS) is 24.8. The van der Waals surface area contributed by atoms with Gasteiger partial charge in [0.1, 0.15) is 0 Å². The molecule has 1 saturated heterocycles. The number of amides is 3. The summed E-state index contributed by atoms with van der Waals surface area (Å²) in [5.74, 6) is -1.43. The lowest BCUT2D eigenvalue weighted by atomic mass is 9.81. The van der Waals surface area contributed by atoms with Gasteiger partial charge in [-0.05, 0) is 74.4 Å². The molecular weight excluding hydrogens is 436 g/mol. The van der Waals surface area contributed by atoms with Gasteiger partial charge in [0.25, 0.3) is 5.91 Å². The van der Waals surface area contributed by atoms with E-state index in [4.69, 9.17) is 4.74 Å². The lowest BCUT2D eigenvalue weighted by Crippen LogP contribution is -2.32. The zero-order valence-corrected chi connectivity index (χ0v) is 18.7. The van der Waals surface area contributed by atoms with Crippen molar-refractivity contribution in [2.24, 2.45) is 23.7 Å². The Morgan fingerprint density at radius 2 is 1.59 bits per heavy atom. The van der Waals surface area contributed by atoms with Gasteiger partial charge in [0, 0.05) is 11.3 Å². The molecule has 34 heavy (non-hydrogen) atoms. The summed E-state index contributed by atoms with van der Waals surface area (Å²) in [6.45, 7) is 0.930. The van der Waals surface area contributed by atoms with E-state index in [0.717, 1.165) is 19.3 Å². The van der Waals surface area contributed by atoms with Crippen molar-refractivity contribution >= 4 is 40.8 Å². The van der Waals surface area contributed by atoms with Crippen LogP contribution in [0.5, 0.6) is 0 Å². The first-order valence-corrected chi connectivity index (χ1v) is 11.4. The van der Waals surface area contributed by atoms with E-state index < -0.39 is 18.5 Å². The molecule has 2 bridgehead atoms. The molecule has 2 aliphatic carbocycles. The van der Waals surface area contributed by atoms with Gasteiger partial charge in [-0.1, -0.05) is 12.1 Å². The molecule has 174 valence electrons. The van der Waals surface area contributed by atoms with Gasteiger partial charge in [0.15, 0.2) is 12.4 Å². The molecule has 3 amide bonds. The highest BCUT2D eigenvalue weighted by Crippen LogP contribution is 2.56. The Labute approximate surface area is 196 Å². The largest absolute Gasteiger partial charge is 0.452 e. The summed E-state index contributed by atoms with van der Waals surface area (Å²) in [5, 5.41) is 2.58. The summed E-state index contributed by atoms with van der Waals surface area (Å²) in [4.78, 5) is 63.1. The summed E-state index contributed by atoms with van der Waals surface area (Å²) in [6.07, 6.45) is 3.00. The molecular formula is C26H24N2O6. The second kappa shape index (κ2) is 8.52. The minimum Gasteiger partial charge on any atom is -0.452 e. The molecule has 2 saturated carbocycles. The van der Waals surface area contributed by atoms with Crippen LogP contribution in [0.25, 0.3) is 0 Å². The monoisotopic (exact) mass is 460 g/mol. The van der Waals surface area contributed by atoms with Crippen LogP contribution in [0.2, 0.25) is 0 Å². The van der Waals surface area contributed by atoms with E-state index in [-0.39, 0.29) is 35.0 Å². The van der Waals surface area contributed by atoms with Crippen molar-refractivity contribution in [2.45, 2.75) is 26.2 Å². The predicted molar refractivity (Wildman–Crippen MR) is 122 cm³/mol. The fourth-order valence-corrected chi connectivity index (χ4v) is 5.64. The highest BCUT2D eigenvalue weighted by molar-refractivity contribution is 6.22. The molecule has 3 fully saturated rings. The van der Waals surface area contributed by atoms with Crippen molar-refractivity contribution in [2.75, 3.05) is 16.8 Å². The van der Waals surface area contributed by atoms with Gasteiger partial charge in [-0.25, -0.2) is 4.79 Å². The Morgan fingerprint density at radius 1 is 0.941 bits per heavy atom. The fraction of sp³-hybridized carbons (Fsp3) is 0.346. The average Bonchev–Trinajstić information content (AvgIpc) is 3.51. The summed E-state index contributed by atoms with van der Waals surface area (Å²) in [6, 6.07) is 12.5. The Morgan fingerprint density at radius 3 is 2.21 bits per heavy atom. The number of nitrogens with zero attached hydrogens (tertiary/aromatic N) is 1. The zero-order valence-electron chi connectivity index (χ0n) is 18.7.